The molecule has 1 aromatic heterocycles. The van der Waals surface area contributed by atoms with Crippen LogP contribution < -0.4 is 0 Å². The number of hydrogen-bond donors (Lipinski definition) is 0. The topological polar surface area (TPSA) is 38.1 Å². The number of Topliss-reactive ketones (excluding diaryl/α,β-unsaturated/α-hetero) is 1. The third-order valence-corrected chi connectivity index (χ3v) is 4.09. The third-order valence-electron chi connectivity index (χ3n) is 4.09. The van der Waals surface area contributed by atoms with Gasteiger partial charge in [-0.3, -0.25) is 14.4 Å². The maximum Gasteiger partial charge on any atom is 0.131 e. The molecule has 0 saturated carbocycles. The summed E-state index contributed by atoms with van der Waals surface area (Å²) in [6, 6.07) is 2.99. The maximum absolute atomic E-state index is 11.3. The minimum absolute atomic E-state index is 0.294. The van der Waals surface area contributed by atoms with Crippen LogP contribution in [0, 0.1) is 0 Å². The van der Waals surface area contributed by atoms with Crippen LogP contribution in [0.2, 0.25) is 0 Å². The predicted octanol–water partition coefficient (Wildman–Crippen LogP) is 2.80. The molecule has 1 aliphatic rings. The molecule has 2 atom stereocenters. The number of rotatable bonds is 6. The predicted molar refractivity (Wildman–Crippen MR) is 76.0 cm³/mol. The van der Waals surface area contributed by atoms with Crippen molar-refractivity contribution in [2.75, 3.05) is 6.54 Å². The number of likely N-dealkylation sites (tertiary alicyclic amines) is 1. The zero-order chi connectivity index (χ0) is 13.8. The highest BCUT2D eigenvalue weighted by Gasteiger charge is 2.26. The smallest absolute Gasteiger partial charge is 0.131 e. The van der Waals surface area contributed by atoms with Gasteiger partial charge in [-0.05, 0) is 45.7 Å². The molecule has 0 bridgehead atoms. The number of hydrogen-bond acceptors (Lipinski definition) is 3. The average Bonchev–Trinajstić information content (AvgIpc) is 2.99. The lowest BCUT2D eigenvalue weighted by molar-refractivity contribution is -0.118. The van der Waals surface area contributed by atoms with Gasteiger partial charge in [-0.2, -0.15) is 5.10 Å². The van der Waals surface area contributed by atoms with Crippen molar-refractivity contribution in [2.45, 2.75) is 65.1 Å². The van der Waals surface area contributed by atoms with E-state index in [1.165, 1.54) is 6.42 Å². The van der Waals surface area contributed by atoms with E-state index < -0.39 is 0 Å². The second-order valence-electron chi connectivity index (χ2n) is 5.72. The highest BCUT2D eigenvalue weighted by Crippen LogP contribution is 2.22. The van der Waals surface area contributed by atoms with Crippen LogP contribution in [0.3, 0.4) is 0 Å². The molecule has 4 nitrogen and oxygen atoms in total. The fraction of sp³-hybridized carbons (Fsp3) is 0.733. The standard InChI is InChI=1S/C15H25N3O/c1-4-12(2)18-9-7-14(16-18)11-17-8-5-6-15(17)10-13(3)19/h7,9,12,15H,4-6,8,10-11H2,1-3H3. The Hall–Kier alpha value is -1.16. The molecule has 0 radical (unpaired) electrons. The Morgan fingerprint density at radius 2 is 2.37 bits per heavy atom. The first-order chi connectivity index (χ1) is 9.10. The van der Waals surface area contributed by atoms with Crippen molar-refractivity contribution in [1.82, 2.24) is 14.7 Å². The van der Waals surface area contributed by atoms with Gasteiger partial charge in [0.25, 0.3) is 0 Å². The number of aromatic nitrogens is 2. The molecule has 0 spiro atoms. The molecular formula is C15H25N3O. The summed E-state index contributed by atoms with van der Waals surface area (Å²) < 4.78 is 2.05. The number of nitrogens with zero attached hydrogens (tertiary/aromatic N) is 3. The largest absolute Gasteiger partial charge is 0.300 e. The quantitative estimate of drug-likeness (QED) is 0.792. The molecule has 1 aliphatic heterocycles. The Labute approximate surface area is 115 Å². The molecule has 2 heterocycles. The lowest BCUT2D eigenvalue weighted by atomic mass is 10.1. The van der Waals surface area contributed by atoms with Crippen LogP contribution in [0.1, 0.15) is 58.2 Å². The zero-order valence-corrected chi connectivity index (χ0v) is 12.3. The molecule has 1 fully saturated rings. The Morgan fingerprint density at radius 1 is 1.58 bits per heavy atom. The van der Waals surface area contributed by atoms with Crippen LogP contribution in [0.25, 0.3) is 0 Å². The van der Waals surface area contributed by atoms with Gasteiger partial charge in [0.2, 0.25) is 0 Å². The van der Waals surface area contributed by atoms with Crippen LogP contribution >= 0.6 is 0 Å². The zero-order valence-electron chi connectivity index (χ0n) is 12.3. The van der Waals surface area contributed by atoms with Crippen molar-refractivity contribution in [3.63, 3.8) is 0 Å². The van der Waals surface area contributed by atoms with Crippen molar-refractivity contribution < 1.29 is 4.79 Å². The van der Waals surface area contributed by atoms with Gasteiger partial charge in [-0.15, -0.1) is 0 Å². The van der Waals surface area contributed by atoms with Crippen LogP contribution in [-0.4, -0.2) is 33.1 Å². The minimum Gasteiger partial charge on any atom is -0.300 e. The van der Waals surface area contributed by atoms with Gasteiger partial charge in [-0.1, -0.05) is 6.92 Å². The van der Waals surface area contributed by atoms with Crippen LogP contribution in [0.15, 0.2) is 12.3 Å². The van der Waals surface area contributed by atoms with E-state index in [1.807, 2.05) is 4.68 Å². The van der Waals surface area contributed by atoms with Gasteiger partial charge >= 0.3 is 0 Å². The van der Waals surface area contributed by atoms with Crippen molar-refractivity contribution in [3.8, 4) is 0 Å². The molecule has 0 aliphatic carbocycles. The van der Waals surface area contributed by atoms with Gasteiger partial charge in [0.15, 0.2) is 0 Å². The first-order valence-electron chi connectivity index (χ1n) is 7.37. The summed E-state index contributed by atoms with van der Waals surface area (Å²) in [6.07, 6.45) is 6.19. The molecule has 19 heavy (non-hydrogen) atoms. The van der Waals surface area contributed by atoms with E-state index in [1.54, 1.807) is 6.92 Å². The minimum atomic E-state index is 0.294. The highest BCUT2D eigenvalue weighted by atomic mass is 16.1. The lowest BCUT2D eigenvalue weighted by Gasteiger charge is -2.22. The van der Waals surface area contributed by atoms with E-state index in [0.29, 0.717) is 24.3 Å². The summed E-state index contributed by atoms with van der Waals surface area (Å²) in [4.78, 5) is 13.7. The molecule has 1 saturated heterocycles. The first kappa shape index (κ1) is 14.3. The fourth-order valence-corrected chi connectivity index (χ4v) is 2.77. The number of ketones is 1. The Kier molecular flexibility index (Phi) is 4.75. The van der Waals surface area contributed by atoms with Gasteiger partial charge in [-0.25, -0.2) is 0 Å². The third kappa shape index (κ3) is 3.66. The normalized spacial score (nSPS) is 21.7. The van der Waals surface area contributed by atoms with Crippen molar-refractivity contribution in [1.29, 1.82) is 0 Å². The van der Waals surface area contributed by atoms with Crippen LogP contribution in [0.5, 0.6) is 0 Å². The summed E-state index contributed by atoms with van der Waals surface area (Å²) in [5, 5.41) is 4.65. The van der Waals surface area contributed by atoms with Crippen molar-refractivity contribution >= 4 is 5.78 Å². The molecule has 1 aromatic rings. The van der Waals surface area contributed by atoms with E-state index in [9.17, 15) is 4.79 Å². The summed E-state index contributed by atoms with van der Waals surface area (Å²) in [7, 11) is 0. The van der Waals surface area contributed by atoms with Gasteiger partial charge in [0.1, 0.15) is 5.78 Å². The van der Waals surface area contributed by atoms with Gasteiger partial charge < -0.3 is 0 Å². The highest BCUT2D eigenvalue weighted by molar-refractivity contribution is 5.76. The van der Waals surface area contributed by atoms with E-state index in [0.717, 1.165) is 31.6 Å². The monoisotopic (exact) mass is 263 g/mol. The van der Waals surface area contributed by atoms with Crippen LogP contribution in [-0.2, 0) is 11.3 Å². The number of carbonyl (C=O) groups is 1. The average molecular weight is 263 g/mol. The Balaban J connectivity index is 1.96. The molecular weight excluding hydrogens is 238 g/mol. The van der Waals surface area contributed by atoms with E-state index >= 15 is 0 Å². The SMILES string of the molecule is CCC(C)n1ccc(CN2CCCC2CC(C)=O)n1. The van der Waals surface area contributed by atoms with Gasteiger partial charge in [0.05, 0.1) is 5.69 Å². The molecule has 2 rings (SSSR count). The van der Waals surface area contributed by atoms with Crippen LogP contribution in [0.4, 0.5) is 0 Å². The van der Waals surface area contributed by atoms with E-state index in [2.05, 4.69) is 36.1 Å². The maximum atomic E-state index is 11.3. The molecule has 2 unspecified atom stereocenters. The fourth-order valence-electron chi connectivity index (χ4n) is 2.77. The second-order valence-corrected chi connectivity index (χ2v) is 5.72. The summed E-state index contributed by atoms with van der Waals surface area (Å²) in [6.45, 7) is 8.02. The van der Waals surface area contributed by atoms with E-state index in [4.69, 9.17) is 0 Å². The summed E-state index contributed by atoms with van der Waals surface area (Å²) in [5.74, 6) is 0.294. The van der Waals surface area contributed by atoms with E-state index in [-0.39, 0.29) is 0 Å². The first-order valence-corrected chi connectivity index (χ1v) is 7.37. The molecule has 4 heteroatoms. The van der Waals surface area contributed by atoms with Crippen molar-refractivity contribution in [2.24, 2.45) is 0 Å². The molecule has 0 amide bonds. The number of carbonyl (C=O) groups excluding carboxylic acids is 1. The second kappa shape index (κ2) is 6.33. The summed E-state index contributed by atoms with van der Waals surface area (Å²) in [5.41, 5.74) is 1.12. The molecule has 0 aromatic carbocycles. The molecule has 106 valence electrons. The van der Waals surface area contributed by atoms with Gasteiger partial charge in [0, 0.05) is 31.2 Å². The Morgan fingerprint density at radius 3 is 3.05 bits per heavy atom. The molecule has 0 N–H and O–H groups in total. The van der Waals surface area contributed by atoms with Crippen molar-refractivity contribution in [3.05, 3.63) is 18.0 Å². The Bertz CT molecular complexity index is 427. The summed E-state index contributed by atoms with van der Waals surface area (Å²) >= 11 is 0. The lowest BCUT2D eigenvalue weighted by Crippen LogP contribution is -2.30.